The highest BCUT2D eigenvalue weighted by molar-refractivity contribution is 5.74. The molecule has 0 atom stereocenters. The second-order valence-electron chi connectivity index (χ2n) is 3.74. The van der Waals surface area contributed by atoms with Gasteiger partial charge in [0.05, 0.1) is 6.54 Å². The van der Waals surface area contributed by atoms with Crippen LogP contribution in [0.3, 0.4) is 0 Å². The Morgan fingerprint density at radius 2 is 1.93 bits per heavy atom. The molecule has 1 aliphatic carbocycles. The molecule has 1 rings (SSSR count). The molecule has 0 aromatic carbocycles. The first kappa shape index (κ1) is 12.3. The number of rotatable bonds is 5. The Morgan fingerprint density at radius 1 is 1.33 bits per heavy atom. The standard InChI is InChI=1S/C10H20N2O3/c1-14-9(15-2)7-11-10(13)12-8-5-3-4-6-8/h8-9H,3-7H2,1-2H3,(H2,11,12,13). The van der Waals surface area contributed by atoms with Crippen LogP contribution in [-0.4, -0.2) is 39.1 Å². The highest BCUT2D eigenvalue weighted by Crippen LogP contribution is 2.17. The van der Waals surface area contributed by atoms with Crippen LogP contribution >= 0.6 is 0 Å². The lowest BCUT2D eigenvalue weighted by Crippen LogP contribution is -2.44. The van der Waals surface area contributed by atoms with Crippen molar-refractivity contribution in [3.05, 3.63) is 0 Å². The van der Waals surface area contributed by atoms with Crippen molar-refractivity contribution in [1.82, 2.24) is 10.6 Å². The van der Waals surface area contributed by atoms with Gasteiger partial charge in [0.1, 0.15) is 0 Å². The van der Waals surface area contributed by atoms with Gasteiger partial charge < -0.3 is 20.1 Å². The molecule has 0 aliphatic heterocycles. The Bertz CT molecular complexity index is 189. The summed E-state index contributed by atoms with van der Waals surface area (Å²) >= 11 is 0. The Hall–Kier alpha value is -0.810. The SMILES string of the molecule is COC(CNC(=O)NC1CCCC1)OC. The van der Waals surface area contributed by atoms with Gasteiger partial charge in [-0.05, 0) is 12.8 Å². The van der Waals surface area contributed by atoms with E-state index in [9.17, 15) is 4.79 Å². The van der Waals surface area contributed by atoms with Crippen LogP contribution < -0.4 is 10.6 Å². The minimum atomic E-state index is -0.376. The molecule has 5 heteroatoms. The fourth-order valence-electron chi connectivity index (χ4n) is 1.75. The van der Waals surface area contributed by atoms with Crippen LogP contribution in [0.4, 0.5) is 4.79 Å². The zero-order valence-electron chi connectivity index (χ0n) is 9.41. The Balaban J connectivity index is 2.12. The van der Waals surface area contributed by atoms with E-state index in [0.717, 1.165) is 12.8 Å². The van der Waals surface area contributed by atoms with Crippen LogP contribution in [0.2, 0.25) is 0 Å². The molecule has 15 heavy (non-hydrogen) atoms. The highest BCUT2D eigenvalue weighted by Gasteiger charge is 2.17. The van der Waals surface area contributed by atoms with E-state index in [1.54, 1.807) is 14.2 Å². The van der Waals surface area contributed by atoms with Crippen molar-refractivity contribution < 1.29 is 14.3 Å². The molecule has 0 aromatic rings. The summed E-state index contributed by atoms with van der Waals surface area (Å²) in [6.07, 6.45) is 4.23. The van der Waals surface area contributed by atoms with Crippen LogP contribution in [-0.2, 0) is 9.47 Å². The molecule has 5 nitrogen and oxygen atoms in total. The summed E-state index contributed by atoms with van der Waals surface area (Å²) in [5.74, 6) is 0. The Labute approximate surface area is 90.5 Å². The number of nitrogens with one attached hydrogen (secondary N) is 2. The predicted molar refractivity (Wildman–Crippen MR) is 56.6 cm³/mol. The lowest BCUT2D eigenvalue weighted by Gasteiger charge is -2.16. The maximum Gasteiger partial charge on any atom is 0.315 e. The van der Waals surface area contributed by atoms with Gasteiger partial charge >= 0.3 is 6.03 Å². The minimum Gasteiger partial charge on any atom is -0.354 e. The Morgan fingerprint density at radius 3 is 2.47 bits per heavy atom. The van der Waals surface area contributed by atoms with Crippen LogP contribution in [0.15, 0.2) is 0 Å². The molecular weight excluding hydrogens is 196 g/mol. The predicted octanol–water partition coefficient (Wildman–Crippen LogP) is 0.847. The number of hydrogen-bond acceptors (Lipinski definition) is 3. The van der Waals surface area contributed by atoms with E-state index in [2.05, 4.69) is 10.6 Å². The molecule has 1 fully saturated rings. The van der Waals surface area contributed by atoms with Crippen molar-refractivity contribution in [2.75, 3.05) is 20.8 Å². The highest BCUT2D eigenvalue weighted by atomic mass is 16.7. The molecule has 0 aromatic heterocycles. The summed E-state index contributed by atoms with van der Waals surface area (Å²) in [4.78, 5) is 11.4. The third-order valence-electron chi connectivity index (χ3n) is 2.65. The lowest BCUT2D eigenvalue weighted by molar-refractivity contribution is -0.0971. The number of methoxy groups -OCH3 is 2. The van der Waals surface area contributed by atoms with Gasteiger partial charge in [-0.25, -0.2) is 4.79 Å². The van der Waals surface area contributed by atoms with Gasteiger partial charge in [-0.3, -0.25) is 0 Å². The van der Waals surface area contributed by atoms with Crippen molar-refractivity contribution in [3.8, 4) is 0 Å². The zero-order valence-corrected chi connectivity index (χ0v) is 9.41. The third kappa shape index (κ3) is 4.48. The van der Waals surface area contributed by atoms with Crippen molar-refractivity contribution >= 4 is 6.03 Å². The van der Waals surface area contributed by atoms with E-state index in [1.165, 1.54) is 12.8 Å². The Kier molecular flexibility index (Phi) is 5.42. The first-order valence-electron chi connectivity index (χ1n) is 5.36. The monoisotopic (exact) mass is 216 g/mol. The molecule has 2 N–H and O–H groups in total. The van der Waals surface area contributed by atoms with Crippen molar-refractivity contribution in [3.63, 3.8) is 0 Å². The van der Waals surface area contributed by atoms with Gasteiger partial charge in [-0.1, -0.05) is 12.8 Å². The average molecular weight is 216 g/mol. The van der Waals surface area contributed by atoms with Gasteiger partial charge in [0.2, 0.25) is 0 Å². The maximum atomic E-state index is 11.4. The van der Waals surface area contributed by atoms with Crippen LogP contribution in [0.25, 0.3) is 0 Å². The molecule has 0 bridgehead atoms. The van der Waals surface area contributed by atoms with E-state index in [1.807, 2.05) is 0 Å². The summed E-state index contributed by atoms with van der Waals surface area (Å²) in [5.41, 5.74) is 0. The summed E-state index contributed by atoms with van der Waals surface area (Å²) < 4.78 is 9.91. The number of amides is 2. The second kappa shape index (κ2) is 6.63. The third-order valence-corrected chi connectivity index (χ3v) is 2.65. The summed E-state index contributed by atoms with van der Waals surface area (Å²) in [6, 6.07) is 0.203. The molecule has 88 valence electrons. The molecule has 0 unspecified atom stereocenters. The van der Waals surface area contributed by atoms with Gasteiger partial charge in [0.25, 0.3) is 0 Å². The lowest BCUT2D eigenvalue weighted by atomic mass is 10.2. The molecular formula is C10H20N2O3. The molecule has 0 heterocycles. The topological polar surface area (TPSA) is 59.6 Å². The molecule has 0 saturated heterocycles. The van der Waals surface area contributed by atoms with Gasteiger partial charge in [-0.15, -0.1) is 0 Å². The first-order valence-corrected chi connectivity index (χ1v) is 5.36. The number of carbonyl (C=O) groups is 1. The summed E-state index contributed by atoms with van der Waals surface area (Å²) in [6.45, 7) is 0.367. The summed E-state index contributed by atoms with van der Waals surface area (Å²) in [7, 11) is 3.09. The van der Waals surface area contributed by atoms with E-state index >= 15 is 0 Å². The van der Waals surface area contributed by atoms with Crippen LogP contribution in [0, 0.1) is 0 Å². The molecule has 0 radical (unpaired) electrons. The number of carbonyl (C=O) groups excluding carboxylic acids is 1. The quantitative estimate of drug-likeness (QED) is 0.670. The van der Waals surface area contributed by atoms with Crippen LogP contribution in [0.5, 0.6) is 0 Å². The first-order chi connectivity index (χ1) is 7.26. The fraction of sp³-hybridized carbons (Fsp3) is 0.900. The minimum absolute atomic E-state index is 0.138. The van der Waals surface area contributed by atoms with Crippen molar-refractivity contribution in [2.24, 2.45) is 0 Å². The van der Waals surface area contributed by atoms with Gasteiger partial charge in [-0.2, -0.15) is 0 Å². The van der Waals surface area contributed by atoms with Gasteiger partial charge in [0, 0.05) is 20.3 Å². The van der Waals surface area contributed by atoms with Crippen LogP contribution in [0.1, 0.15) is 25.7 Å². The molecule has 0 spiro atoms. The smallest absolute Gasteiger partial charge is 0.315 e. The molecule has 2 amide bonds. The average Bonchev–Trinajstić information content (AvgIpc) is 2.72. The van der Waals surface area contributed by atoms with E-state index in [0.29, 0.717) is 12.6 Å². The fourth-order valence-corrected chi connectivity index (χ4v) is 1.75. The largest absolute Gasteiger partial charge is 0.354 e. The van der Waals surface area contributed by atoms with Crippen molar-refractivity contribution in [2.45, 2.75) is 38.0 Å². The number of urea groups is 1. The van der Waals surface area contributed by atoms with Crippen molar-refractivity contribution in [1.29, 1.82) is 0 Å². The number of hydrogen-bond donors (Lipinski definition) is 2. The second-order valence-corrected chi connectivity index (χ2v) is 3.74. The van der Waals surface area contributed by atoms with E-state index < -0.39 is 0 Å². The summed E-state index contributed by atoms with van der Waals surface area (Å²) in [5, 5.41) is 5.63. The number of ether oxygens (including phenoxy) is 2. The van der Waals surface area contributed by atoms with Gasteiger partial charge in [0.15, 0.2) is 6.29 Å². The van der Waals surface area contributed by atoms with E-state index in [-0.39, 0.29) is 12.3 Å². The normalized spacial score (nSPS) is 17.0. The zero-order chi connectivity index (χ0) is 11.1. The maximum absolute atomic E-state index is 11.4. The molecule has 1 saturated carbocycles. The molecule has 1 aliphatic rings. The van der Waals surface area contributed by atoms with E-state index in [4.69, 9.17) is 9.47 Å².